The number of hydrogen-bond acceptors (Lipinski definition) is 3. The molecule has 0 amide bonds. The Labute approximate surface area is 76.3 Å². The Kier molecular flexibility index (Phi) is 2.68. The summed E-state index contributed by atoms with van der Waals surface area (Å²) < 4.78 is 39.3. The summed E-state index contributed by atoms with van der Waals surface area (Å²) in [5.41, 5.74) is 0.398. The molecule has 0 fully saturated rings. The van der Waals surface area contributed by atoms with Gasteiger partial charge in [0.25, 0.3) is 10.1 Å². The highest BCUT2D eigenvalue weighted by atomic mass is 32.2. The van der Waals surface area contributed by atoms with Crippen LogP contribution in [0, 0.1) is 12.7 Å². The van der Waals surface area contributed by atoms with Crippen LogP contribution in [0.4, 0.5) is 4.39 Å². The standard InChI is InChI=1S/C8H9FO3S/c1-6-3-4-7(5-8(6)9)13(10,11)12-2/h3-5H,1-2H3. The highest BCUT2D eigenvalue weighted by molar-refractivity contribution is 7.86. The Hall–Kier alpha value is -0.940. The largest absolute Gasteiger partial charge is 0.296 e. The molecule has 0 unspecified atom stereocenters. The molecule has 0 heterocycles. The molecule has 0 aliphatic rings. The number of halogens is 1. The van der Waals surface area contributed by atoms with Crippen molar-refractivity contribution in [3.05, 3.63) is 29.6 Å². The second-order valence-electron chi connectivity index (χ2n) is 2.53. The van der Waals surface area contributed by atoms with E-state index in [1.165, 1.54) is 12.1 Å². The van der Waals surface area contributed by atoms with Crippen LogP contribution in [-0.4, -0.2) is 15.5 Å². The van der Waals surface area contributed by atoms with Gasteiger partial charge in [0.15, 0.2) is 0 Å². The van der Waals surface area contributed by atoms with Gasteiger partial charge in [0, 0.05) is 0 Å². The molecule has 0 saturated heterocycles. The van der Waals surface area contributed by atoms with Crippen molar-refractivity contribution >= 4 is 10.1 Å². The lowest BCUT2D eigenvalue weighted by atomic mass is 10.2. The Balaban J connectivity index is 3.27. The molecule has 0 spiro atoms. The van der Waals surface area contributed by atoms with E-state index in [4.69, 9.17) is 0 Å². The van der Waals surface area contributed by atoms with Crippen LogP contribution in [0.1, 0.15) is 5.56 Å². The van der Waals surface area contributed by atoms with E-state index in [2.05, 4.69) is 4.18 Å². The molecule has 72 valence electrons. The van der Waals surface area contributed by atoms with Gasteiger partial charge in [0.2, 0.25) is 0 Å². The fourth-order valence-electron chi connectivity index (χ4n) is 0.825. The lowest BCUT2D eigenvalue weighted by Crippen LogP contribution is -2.03. The first-order valence-corrected chi connectivity index (χ1v) is 4.95. The molecule has 0 aliphatic heterocycles. The zero-order chi connectivity index (χ0) is 10.1. The third kappa shape index (κ3) is 2.05. The predicted molar refractivity (Wildman–Crippen MR) is 45.3 cm³/mol. The van der Waals surface area contributed by atoms with Crippen LogP contribution in [0.15, 0.2) is 23.1 Å². The van der Waals surface area contributed by atoms with Gasteiger partial charge in [-0.25, -0.2) is 4.39 Å². The molecule has 0 bridgehead atoms. The van der Waals surface area contributed by atoms with Gasteiger partial charge in [0.1, 0.15) is 5.82 Å². The minimum atomic E-state index is -3.78. The average molecular weight is 204 g/mol. The van der Waals surface area contributed by atoms with Crippen molar-refractivity contribution in [2.45, 2.75) is 11.8 Å². The number of rotatable bonds is 2. The van der Waals surface area contributed by atoms with Crippen LogP contribution in [0.2, 0.25) is 0 Å². The van der Waals surface area contributed by atoms with Crippen LogP contribution < -0.4 is 0 Å². The second-order valence-corrected chi connectivity index (χ2v) is 4.24. The van der Waals surface area contributed by atoms with E-state index in [0.717, 1.165) is 13.2 Å². The highest BCUT2D eigenvalue weighted by Crippen LogP contribution is 2.15. The van der Waals surface area contributed by atoms with Gasteiger partial charge in [-0.2, -0.15) is 8.42 Å². The highest BCUT2D eigenvalue weighted by Gasteiger charge is 2.13. The van der Waals surface area contributed by atoms with Crippen LogP contribution >= 0.6 is 0 Å². The van der Waals surface area contributed by atoms with E-state index >= 15 is 0 Å². The summed E-state index contributed by atoms with van der Waals surface area (Å²) in [7, 11) is -2.74. The Morgan fingerprint density at radius 3 is 2.46 bits per heavy atom. The van der Waals surface area contributed by atoms with Crippen LogP contribution in [0.5, 0.6) is 0 Å². The maximum absolute atomic E-state index is 12.9. The first kappa shape index (κ1) is 10.1. The van der Waals surface area contributed by atoms with Crippen molar-refractivity contribution in [1.82, 2.24) is 0 Å². The lowest BCUT2D eigenvalue weighted by Gasteiger charge is -2.02. The summed E-state index contributed by atoms with van der Waals surface area (Å²) in [4.78, 5) is -0.168. The normalized spacial score (nSPS) is 11.6. The quantitative estimate of drug-likeness (QED) is 0.685. The van der Waals surface area contributed by atoms with Crippen molar-refractivity contribution < 1.29 is 17.0 Å². The molecule has 0 saturated carbocycles. The van der Waals surface area contributed by atoms with Crippen molar-refractivity contribution in [2.24, 2.45) is 0 Å². The summed E-state index contributed by atoms with van der Waals surface area (Å²) >= 11 is 0. The van der Waals surface area contributed by atoms with E-state index in [1.54, 1.807) is 6.92 Å². The summed E-state index contributed by atoms with van der Waals surface area (Å²) in [6.45, 7) is 1.55. The summed E-state index contributed by atoms with van der Waals surface area (Å²) in [5, 5.41) is 0. The zero-order valence-corrected chi connectivity index (χ0v) is 8.06. The SMILES string of the molecule is COS(=O)(=O)c1ccc(C)c(F)c1. The summed E-state index contributed by atoms with van der Waals surface area (Å²) in [6.07, 6.45) is 0. The van der Waals surface area contributed by atoms with Gasteiger partial charge in [0.05, 0.1) is 12.0 Å². The van der Waals surface area contributed by atoms with E-state index in [-0.39, 0.29) is 4.90 Å². The van der Waals surface area contributed by atoms with Gasteiger partial charge >= 0.3 is 0 Å². The van der Waals surface area contributed by atoms with Gasteiger partial charge in [-0.1, -0.05) is 6.07 Å². The lowest BCUT2D eigenvalue weighted by molar-refractivity contribution is 0.397. The minimum Gasteiger partial charge on any atom is -0.270 e. The molecule has 1 aromatic rings. The molecular formula is C8H9FO3S. The first-order valence-electron chi connectivity index (χ1n) is 3.54. The van der Waals surface area contributed by atoms with Crippen LogP contribution in [-0.2, 0) is 14.3 Å². The van der Waals surface area contributed by atoms with Crippen molar-refractivity contribution in [3.8, 4) is 0 Å². The number of hydrogen-bond donors (Lipinski definition) is 0. The van der Waals surface area contributed by atoms with Gasteiger partial charge in [-0.15, -0.1) is 0 Å². The van der Waals surface area contributed by atoms with Gasteiger partial charge < -0.3 is 0 Å². The van der Waals surface area contributed by atoms with E-state index in [0.29, 0.717) is 5.56 Å². The van der Waals surface area contributed by atoms with Crippen molar-refractivity contribution in [1.29, 1.82) is 0 Å². The summed E-state index contributed by atoms with van der Waals surface area (Å²) in [6, 6.07) is 3.63. The Morgan fingerprint density at radius 1 is 1.38 bits per heavy atom. The van der Waals surface area contributed by atoms with E-state index < -0.39 is 15.9 Å². The van der Waals surface area contributed by atoms with E-state index in [9.17, 15) is 12.8 Å². The molecule has 1 aromatic carbocycles. The molecule has 13 heavy (non-hydrogen) atoms. The van der Waals surface area contributed by atoms with Gasteiger partial charge in [-0.05, 0) is 24.6 Å². The third-order valence-corrected chi connectivity index (χ3v) is 2.92. The van der Waals surface area contributed by atoms with Crippen LogP contribution in [0.3, 0.4) is 0 Å². The number of benzene rings is 1. The van der Waals surface area contributed by atoms with Crippen molar-refractivity contribution in [3.63, 3.8) is 0 Å². The third-order valence-electron chi connectivity index (χ3n) is 1.65. The predicted octanol–water partition coefficient (Wildman–Crippen LogP) is 1.47. The number of aryl methyl sites for hydroxylation is 1. The Morgan fingerprint density at radius 2 is 2.00 bits per heavy atom. The second kappa shape index (κ2) is 3.43. The monoisotopic (exact) mass is 204 g/mol. The van der Waals surface area contributed by atoms with Crippen molar-refractivity contribution in [2.75, 3.05) is 7.11 Å². The van der Waals surface area contributed by atoms with Gasteiger partial charge in [-0.3, -0.25) is 4.18 Å². The average Bonchev–Trinajstić information content (AvgIpc) is 2.09. The maximum atomic E-state index is 12.9. The maximum Gasteiger partial charge on any atom is 0.296 e. The molecule has 0 aromatic heterocycles. The fourth-order valence-corrected chi connectivity index (χ4v) is 1.50. The zero-order valence-electron chi connectivity index (χ0n) is 7.24. The topological polar surface area (TPSA) is 43.4 Å². The molecule has 0 N–H and O–H groups in total. The molecule has 0 radical (unpaired) electrons. The Bertz CT molecular complexity index is 411. The van der Waals surface area contributed by atoms with E-state index in [1.807, 2.05) is 0 Å². The molecule has 1 rings (SSSR count). The smallest absolute Gasteiger partial charge is 0.270 e. The molecule has 5 heteroatoms. The molecule has 3 nitrogen and oxygen atoms in total. The first-order chi connectivity index (χ1) is 5.97. The summed E-state index contributed by atoms with van der Waals surface area (Å²) in [5.74, 6) is -0.557. The molecule has 0 aliphatic carbocycles. The molecule has 0 atom stereocenters. The fraction of sp³-hybridized carbons (Fsp3) is 0.250. The molecular weight excluding hydrogens is 195 g/mol. The minimum absolute atomic E-state index is 0.168. The van der Waals surface area contributed by atoms with Crippen LogP contribution in [0.25, 0.3) is 0 Å².